The highest BCUT2D eigenvalue weighted by Crippen LogP contribution is 2.25. The molecule has 0 radical (unpaired) electrons. The van der Waals surface area contributed by atoms with Crippen molar-refractivity contribution in [3.8, 4) is 0 Å². The first-order valence-electron chi connectivity index (χ1n) is 7.36. The summed E-state index contributed by atoms with van der Waals surface area (Å²) in [5.41, 5.74) is 1.28. The molecule has 2 heterocycles. The molecule has 2 aromatic rings. The predicted molar refractivity (Wildman–Crippen MR) is 83.6 cm³/mol. The number of aromatic nitrogens is 1. The Morgan fingerprint density at radius 3 is 2.57 bits per heavy atom. The Hall–Kier alpha value is -1.88. The molecule has 0 aliphatic carbocycles. The van der Waals surface area contributed by atoms with E-state index in [-0.39, 0.29) is 11.2 Å². The average molecular weight is 289 g/mol. The molecule has 1 aromatic heterocycles. The zero-order valence-electron chi connectivity index (χ0n) is 12.5. The van der Waals surface area contributed by atoms with Crippen LogP contribution in [0.3, 0.4) is 0 Å². The van der Waals surface area contributed by atoms with Crippen LogP contribution >= 0.6 is 0 Å². The molecular formula is C16H20FN3O. The molecule has 0 unspecified atom stereocenters. The molecule has 0 amide bonds. The SMILES string of the molecule is CCn1ccc(=O)c2cc(F)c(N3CCN(C)CC3)cc21. The summed E-state index contributed by atoms with van der Waals surface area (Å²) < 4.78 is 16.4. The third-order valence-corrected chi connectivity index (χ3v) is 4.23. The molecule has 0 N–H and O–H groups in total. The van der Waals surface area contributed by atoms with Gasteiger partial charge in [0, 0.05) is 50.4 Å². The second-order valence-electron chi connectivity index (χ2n) is 5.58. The second kappa shape index (κ2) is 5.48. The van der Waals surface area contributed by atoms with Crippen molar-refractivity contribution in [3.05, 3.63) is 40.4 Å². The standard InChI is InChI=1S/C16H20FN3O/c1-3-19-5-4-16(21)12-10-13(17)15(11-14(12)19)20-8-6-18(2)7-9-20/h4-5,10-11H,3,6-9H2,1-2H3. The van der Waals surface area contributed by atoms with Crippen LogP contribution in [0.4, 0.5) is 10.1 Å². The molecule has 0 bridgehead atoms. The molecule has 1 aromatic carbocycles. The Labute approximate surface area is 123 Å². The van der Waals surface area contributed by atoms with E-state index in [1.54, 1.807) is 6.20 Å². The van der Waals surface area contributed by atoms with Crippen molar-refractivity contribution >= 4 is 16.6 Å². The van der Waals surface area contributed by atoms with Crippen LogP contribution in [-0.2, 0) is 6.54 Å². The quantitative estimate of drug-likeness (QED) is 0.845. The van der Waals surface area contributed by atoms with E-state index in [2.05, 4.69) is 16.8 Å². The first kappa shape index (κ1) is 14.1. The molecule has 112 valence electrons. The van der Waals surface area contributed by atoms with E-state index in [0.717, 1.165) is 38.2 Å². The zero-order valence-corrected chi connectivity index (χ0v) is 12.5. The van der Waals surface area contributed by atoms with E-state index >= 15 is 0 Å². The summed E-state index contributed by atoms with van der Waals surface area (Å²) in [6.45, 7) is 6.23. The number of anilines is 1. The van der Waals surface area contributed by atoms with Crippen molar-refractivity contribution in [2.24, 2.45) is 0 Å². The lowest BCUT2D eigenvalue weighted by atomic mass is 10.1. The normalized spacial score (nSPS) is 16.6. The fourth-order valence-corrected chi connectivity index (χ4v) is 2.88. The minimum atomic E-state index is -0.307. The maximum atomic E-state index is 14.4. The van der Waals surface area contributed by atoms with Crippen molar-refractivity contribution in [1.82, 2.24) is 9.47 Å². The smallest absolute Gasteiger partial charge is 0.189 e. The minimum Gasteiger partial charge on any atom is -0.367 e. The highest BCUT2D eigenvalue weighted by atomic mass is 19.1. The van der Waals surface area contributed by atoms with Crippen LogP contribution in [0.25, 0.3) is 10.9 Å². The summed E-state index contributed by atoms with van der Waals surface area (Å²) in [6.07, 6.45) is 1.77. The van der Waals surface area contributed by atoms with Gasteiger partial charge in [-0.05, 0) is 26.1 Å². The molecule has 1 fully saturated rings. The fraction of sp³-hybridized carbons (Fsp3) is 0.438. The Bertz CT molecular complexity index is 717. The van der Waals surface area contributed by atoms with Crippen LogP contribution < -0.4 is 10.3 Å². The van der Waals surface area contributed by atoms with Gasteiger partial charge in [-0.2, -0.15) is 0 Å². The third-order valence-electron chi connectivity index (χ3n) is 4.23. The molecule has 0 saturated carbocycles. The number of rotatable bonds is 2. The van der Waals surface area contributed by atoms with Gasteiger partial charge in [-0.1, -0.05) is 0 Å². The lowest BCUT2D eigenvalue weighted by molar-refractivity contribution is 0.312. The molecule has 1 saturated heterocycles. The van der Waals surface area contributed by atoms with Gasteiger partial charge in [0.2, 0.25) is 0 Å². The topological polar surface area (TPSA) is 28.5 Å². The molecule has 4 nitrogen and oxygen atoms in total. The number of hydrogen-bond donors (Lipinski definition) is 0. The molecule has 0 atom stereocenters. The van der Waals surface area contributed by atoms with E-state index in [4.69, 9.17) is 0 Å². The number of piperazine rings is 1. The van der Waals surface area contributed by atoms with Gasteiger partial charge in [0.15, 0.2) is 5.43 Å². The van der Waals surface area contributed by atoms with Crippen LogP contribution in [0, 0.1) is 5.82 Å². The number of fused-ring (bicyclic) bond motifs is 1. The number of halogens is 1. The molecule has 1 aliphatic heterocycles. The summed E-state index contributed by atoms with van der Waals surface area (Å²) in [4.78, 5) is 16.2. The predicted octanol–water partition coefficient (Wildman–Crippen LogP) is 1.91. The first-order chi connectivity index (χ1) is 10.1. The highest BCUT2D eigenvalue weighted by Gasteiger charge is 2.19. The zero-order chi connectivity index (χ0) is 15.0. The fourth-order valence-electron chi connectivity index (χ4n) is 2.88. The minimum absolute atomic E-state index is 0.126. The van der Waals surface area contributed by atoms with E-state index in [1.165, 1.54) is 12.1 Å². The van der Waals surface area contributed by atoms with E-state index in [1.807, 2.05) is 17.6 Å². The Balaban J connectivity index is 2.11. The van der Waals surface area contributed by atoms with Gasteiger partial charge in [-0.15, -0.1) is 0 Å². The van der Waals surface area contributed by atoms with Crippen LogP contribution in [0.15, 0.2) is 29.2 Å². The molecule has 5 heteroatoms. The van der Waals surface area contributed by atoms with Crippen molar-refractivity contribution in [3.63, 3.8) is 0 Å². The molecule has 1 aliphatic rings. The van der Waals surface area contributed by atoms with Gasteiger partial charge >= 0.3 is 0 Å². The average Bonchev–Trinajstić information content (AvgIpc) is 2.49. The van der Waals surface area contributed by atoms with E-state index in [0.29, 0.717) is 11.1 Å². The van der Waals surface area contributed by atoms with Crippen molar-refractivity contribution < 1.29 is 4.39 Å². The number of pyridine rings is 1. The van der Waals surface area contributed by atoms with Gasteiger partial charge in [0.05, 0.1) is 11.2 Å². The van der Waals surface area contributed by atoms with Crippen LogP contribution in [-0.4, -0.2) is 42.7 Å². The molecule has 21 heavy (non-hydrogen) atoms. The summed E-state index contributed by atoms with van der Waals surface area (Å²) in [5, 5.41) is 0.453. The van der Waals surface area contributed by atoms with Crippen molar-refractivity contribution in [2.45, 2.75) is 13.5 Å². The molecular weight excluding hydrogens is 269 g/mol. The third kappa shape index (κ3) is 2.53. The Morgan fingerprint density at radius 2 is 1.90 bits per heavy atom. The maximum Gasteiger partial charge on any atom is 0.189 e. The monoisotopic (exact) mass is 289 g/mol. The van der Waals surface area contributed by atoms with Gasteiger partial charge in [-0.3, -0.25) is 4.79 Å². The lowest BCUT2D eigenvalue weighted by Crippen LogP contribution is -2.44. The Morgan fingerprint density at radius 1 is 1.19 bits per heavy atom. The van der Waals surface area contributed by atoms with E-state index in [9.17, 15) is 9.18 Å². The largest absolute Gasteiger partial charge is 0.367 e. The molecule has 3 rings (SSSR count). The first-order valence-corrected chi connectivity index (χ1v) is 7.36. The number of aryl methyl sites for hydroxylation is 1. The van der Waals surface area contributed by atoms with Crippen molar-refractivity contribution in [2.75, 3.05) is 38.1 Å². The molecule has 0 spiro atoms. The maximum absolute atomic E-state index is 14.4. The number of nitrogens with zero attached hydrogens (tertiary/aromatic N) is 3. The Kier molecular flexibility index (Phi) is 3.68. The summed E-state index contributed by atoms with van der Waals surface area (Å²) >= 11 is 0. The van der Waals surface area contributed by atoms with Crippen LogP contribution in [0.2, 0.25) is 0 Å². The van der Waals surface area contributed by atoms with Crippen molar-refractivity contribution in [1.29, 1.82) is 0 Å². The van der Waals surface area contributed by atoms with Gasteiger partial charge in [-0.25, -0.2) is 4.39 Å². The second-order valence-corrected chi connectivity index (χ2v) is 5.58. The summed E-state index contributed by atoms with van der Waals surface area (Å²) in [6, 6.07) is 4.71. The van der Waals surface area contributed by atoms with Gasteiger partial charge in [0.1, 0.15) is 5.82 Å². The number of likely N-dealkylation sites (N-methyl/N-ethyl adjacent to an activating group) is 1. The number of hydrogen-bond acceptors (Lipinski definition) is 3. The lowest BCUT2D eigenvalue weighted by Gasteiger charge is -2.34. The number of benzene rings is 1. The van der Waals surface area contributed by atoms with E-state index < -0.39 is 0 Å². The summed E-state index contributed by atoms with van der Waals surface area (Å²) in [7, 11) is 2.07. The highest BCUT2D eigenvalue weighted by molar-refractivity contribution is 5.83. The van der Waals surface area contributed by atoms with Crippen LogP contribution in [0.5, 0.6) is 0 Å². The van der Waals surface area contributed by atoms with Gasteiger partial charge in [0.25, 0.3) is 0 Å². The summed E-state index contributed by atoms with van der Waals surface area (Å²) in [5.74, 6) is -0.307. The van der Waals surface area contributed by atoms with Gasteiger partial charge < -0.3 is 14.4 Å². The van der Waals surface area contributed by atoms with Crippen LogP contribution in [0.1, 0.15) is 6.92 Å².